The van der Waals surface area contributed by atoms with Crippen LogP contribution in [-0.2, 0) is 7.05 Å². The summed E-state index contributed by atoms with van der Waals surface area (Å²) in [6.07, 6.45) is 2.46. The second kappa shape index (κ2) is 7.49. The Labute approximate surface area is 148 Å². The number of aromatic nitrogens is 3. The van der Waals surface area contributed by atoms with Crippen LogP contribution < -0.4 is 5.32 Å². The molecule has 1 aliphatic heterocycles. The van der Waals surface area contributed by atoms with Crippen LogP contribution in [0.2, 0.25) is 0 Å². The molecule has 1 saturated heterocycles. The molecular formula is C18H27N5O2. The molecule has 0 aromatic carbocycles. The molecule has 0 radical (unpaired) electrons. The van der Waals surface area contributed by atoms with Crippen LogP contribution >= 0.6 is 0 Å². The van der Waals surface area contributed by atoms with Crippen molar-refractivity contribution in [2.24, 2.45) is 7.05 Å². The van der Waals surface area contributed by atoms with Crippen molar-refractivity contribution >= 4 is 16.9 Å². The minimum absolute atomic E-state index is 0.0688. The largest absolute Gasteiger partial charge is 0.393 e. The molecule has 0 bridgehead atoms. The van der Waals surface area contributed by atoms with E-state index in [9.17, 15) is 9.90 Å². The monoisotopic (exact) mass is 345 g/mol. The highest BCUT2D eigenvalue weighted by Gasteiger charge is 2.18. The van der Waals surface area contributed by atoms with Crippen molar-refractivity contribution in [3.05, 3.63) is 23.0 Å². The number of likely N-dealkylation sites (tertiary alicyclic amines) is 1. The number of nitrogens with one attached hydrogen (secondary N) is 1. The highest BCUT2D eigenvalue weighted by Crippen LogP contribution is 2.21. The Balaban J connectivity index is 1.59. The van der Waals surface area contributed by atoms with Gasteiger partial charge in [0.05, 0.1) is 22.7 Å². The number of pyridine rings is 1. The number of aryl methyl sites for hydroxylation is 3. The van der Waals surface area contributed by atoms with Gasteiger partial charge >= 0.3 is 0 Å². The van der Waals surface area contributed by atoms with E-state index < -0.39 is 0 Å². The molecular weight excluding hydrogens is 318 g/mol. The molecule has 0 spiro atoms. The van der Waals surface area contributed by atoms with Crippen molar-refractivity contribution in [1.29, 1.82) is 0 Å². The number of carbonyl (C=O) groups is 1. The molecule has 2 N–H and O–H groups in total. The molecule has 0 saturated carbocycles. The van der Waals surface area contributed by atoms with Crippen LogP contribution in [0.4, 0.5) is 0 Å². The summed E-state index contributed by atoms with van der Waals surface area (Å²) in [5.74, 6) is -0.0688. The van der Waals surface area contributed by atoms with E-state index in [1.54, 1.807) is 4.68 Å². The van der Waals surface area contributed by atoms with E-state index in [1.807, 2.05) is 27.0 Å². The summed E-state index contributed by atoms with van der Waals surface area (Å²) >= 11 is 0. The minimum atomic E-state index is -0.143. The smallest absolute Gasteiger partial charge is 0.252 e. The number of fused-ring (bicyclic) bond motifs is 1. The van der Waals surface area contributed by atoms with Gasteiger partial charge in [-0.1, -0.05) is 0 Å². The third-order valence-corrected chi connectivity index (χ3v) is 4.84. The normalized spacial score (nSPS) is 16.5. The molecule has 2 aromatic heterocycles. The molecule has 0 atom stereocenters. The van der Waals surface area contributed by atoms with Gasteiger partial charge < -0.3 is 15.3 Å². The van der Waals surface area contributed by atoms with Gasteiger partial charge in [0.15, 0.2) is 5.65 Å². The third-order valence-electron chi connectivity index (χ3n) is 4.84. The number of rotatable bonds is 5. The number of nitrogens with zero attached hydrogens (tertiary/aromatic N) is 4. The lowest BCUT2D eigenvalue weighted by Gasteiger charge is -2.29. The third kappa shape index (κ3) is 3.99. The standard InChI is InChI=1S/C18H27N5O2/c1-12-11-15(16-13(2)21-22(3)17(16)20-12)18(25)19-7-4-8-23-9-5-14(24)6-10-23/h11,14,24H,4-10H2,1-3H3,(H,19,25). The first kappa shape index (κ1) is 17.8. The van der Waals surface area contributed by atoms with Gasteiger partial charge in [0.1, 0.15) is 0 Å². The van der Waals surface area contributed by atoms with Gasteiger partial charge in [-0.2, -0.15) is 5.10 Å². The van der Waals surface area contributed by atoms with Gasteiger partial charge in [0.2, 0.25) is 0 Å². The molecule has 0 aliphatic carbocycles. The fraction of sp³-hybridized carbons (Fsp3) is 0.611. The Bertz CT molecular complexity index is 762. The maximum absolute atomic E-state index is 12.6. The Hall–Kier alpha value is -1.99. The molecule has 1 fully saturated rings. The van der Waals surface area contributed by atoms with Crippen molar-refractivity contribution < 1.29 is 9.90 Å². The molecule has 2 aromatic rings. The molecule has 3 rings (SSSR count). The van der Waals surface area contributed by atoms with Crippen LogP contribution in [0.1, 0.15) is 41.0 Å². The number of carbonyl (C=O) groups excluding carboxylic acids is 1. The van der Waals surface area contributed by atoms with Crippen LogP contribution in [-0.4, -0.2) is 63.0 Å². The number of hydrogen-bond donors (Lipinski definition) is 2. The maximum atomic E-state index is 12.6. The Kier molecular flexibility index (Phi) is 5.34. The quantitative estimate of drug-likeness (QED) is 0.795. The van der Waals surface area contributed by atoms with E-state index in [4.69, 9.17) is 0 Å². The fourth-order valence-electron chi connectivity index (χ4n) is 3.49. The van der Waals surface area contributed by atoms with Crippen LogP contribution in [0.25, 0.3) is 11.0 Å². The highest BCUT2D eigenvalue weighted by atomic mass is 16.3. The van der Waals surface area contributed by atoms with Gasteiger partial charge in [0, 0.05) is 32.4 Å². The summed E-state index contributed by atoms with van der Waals surface area (Å²) in [5, 5.41) is 17.8. The number of aliphatic hydroxyl groups excluding tert-OH is 1. The van der Waals surface area contributed by atoms with Gasteiger partial charge in [-0.3, -0.25) is 9.48 Å². The summed E-state index contributed by atoms with van der Waals surface area (Å²) in [5.41, 5.74) is 3.03. The first-order valence-electron chi connectivity index (χ1n) is 8.95. The lowest BCUT2D eigenvalue weighted by molar-refractivity contribution is 0.0816. The summed E-state index contributed by atoms with van der Waals surface area (Å²) in [4.78, 5) is 19.5. The zero-order valence-corrected chi connectivity index (χ0v) is 15.2. The zero-order valence-electron chi connectivity index (χ0n) is 15.2. The van der Waals surface area contributed by atoms with E-state index in [0.717, 1.165) is 61.3 Å². The Morgan fingerprint density at radius 3 is 2.80 bits per heavy atom. The molecule has 136 valence electrons. The summed E-state index contributed by atoms with van der Waals surface area (Å²) in [6, 6.07) is 1.83. The number of amides is 1. The van der Waals surface area contributed by atoms with Crippen LogP contribution in [0.3, 0.4) is 0 Å². The summed E-state index contributed by atoms with van der Waals surface area (Å²) < 4.78 is 1.72. The molecule has 7 nitrogen and oxygen atoms in total. The predicted octanol–water partition coefficient (Wildman–Crippen LogP) is 1.16. The number of hydrogen-bond acceptors (Lipinski definition) is 5. The minimum Gasteiger partial charge on any atom is -0.393 e. The highest BCUT2D eigenvalue weighted by molar-refractivity contribution is 6.06. The van der Waals surface area contributed by atoms with E-state index in [2.05, 4.69) is 20.3 Å². The number of piperidine rings is 1. The molecule has 0 unspecified atom stereocenters. The van der Waals surface area contributed by atoms with E-state index in [0.29, 0.717) is 12.1 Å². The van der Waals surface area contributed by atoms with Crippen molar-refractivity contribution in [3.8, 4) is 0 Å². The Morgan fingerprint density at radius 2 is 2.08 bits per heavy atom. The van der Waals surface area contributed by atoms with Gasteiger partial charge in [0.25, 0.3) is 5.91 Å². The molecule has 3 heterocycles. The first-order valence-corrected chi connectivity index (χ1v) is 8.95. The average molecular weight is 345 g/mol. The van der Waals surface area contributed by atoms with Crippen molar-refractivity contribution in [2.45, 2.75) is 39.2 Å². The van der Waals surface area contributed by atoms with Crippen molar-refractivity contribution in [3.63, 3.8) is 0 Å². The first-order chi connectivity index (χ1) is 12.0. The maximum Gasteiger partial charge on any atom is 0.252 e. The summed E-state index contributed by atoms with van der Waals surface area (Å²) in [6.45, 7) is 7.26. The molecule has 7 heteroatoms. The Morgan fingerprint density at radius 1 is 1.36 bits per heavy atom. The topological polar surface area (TPSA) is 83.3 Å². The van der Waals surface area contributed by atoms with Crippen LogP contribution in [0, 0.1) is 13.8 Å². The van der Waals surface area contributed by atoms with Gasteiger partial charge in [-0.05, 0) is 45.7 Å². The second-order valence-corrected chi connectivity index (χ2v) is 6.90. The SMILES string of the molecule is Cc1cc(C(=O)NCCCN2CCC(O)CC2)c2c(C)nn(C)c2n1. The van der Waals surface area contributed by atoms with E-state index >= 15 is 0 Å². The molecule has 1 amide bonds. The zero-order chi connectivity index (χ0) is 18.0. The molecule has 25 heavy (non-hydrogen) atoms. The average Bonchev–Trinajstić information content (AvgIpc) is 2.86. The van der Waals surface area contributed by atoms with Gasteiger partial charge in [-0.15, -0.1) is 0 Å². The van der Waals surface area contributed by atoms with Crippen molar-refractivity contribution in [2.75, 3.05) is 26.2 Å². The van der Waals surface area contributed by atoms with Crippen LogP contribution in [0.15, 0.2) is 6.07 Å². The number of aliphatic hydroxyl groups is 1. The molecule has 1 aliphatic rings. The lowest BCUT2D eigenvalue weighted by atomic mass is 10.1. The lowest BCUT2D eigenvalue weighted by Crippen LogP contribution is -2.37. The fourth-order valence-corrected chi connectivity index (χ4v) is 3.49. The second-order valence-electron chi connectivity index (χ2n) is 6.90. The summed E-state index contributed by atoms with van der Waals surface area (Å²) in [7, 11) is 1.85. The van der Waals surface area contributed by atoms with Crippen molar-refractivity contribution in [1.82, 2.24) is 25.0 Å². The van der Waals surface area contributed by atoms with E-state index in [-0.39, 0.29) is 12.0 Å². The van der Waals surface area contributed by atoms with Gasteiger partial charge in [-0.25, -0.2) is 4.98 Å². The predicted molar refractivity (Wildman–Crippen MR) is 96.6 cm³/mol. The van der Waals surface area contributed by atoms with E-state index in [1.165, 1.54) is 0 Å². The van der Waals surface area contributed by atoms with Crippen LogP contribution in [0.5, 0.6) is 0 Å².